The van der Waals surface area contributed by atoms with Crippen molar-refractivity contribution in [1.29, 1.82) is 0 Å². The number of nitrogens with one attached hydrogen (secondary N) is 1. The van der Waals surface area contributed by atoms with Crippen LogP contribution in [-0.2, 0) is 6.42 Å². The van der Waals surface area contributed by atoms with E-state index in [1.54, 1.807) is 6.20 Å². The van der Waals surface area contributed by atoms with E-state index in [1.807, 2.05) is 0 Å². The highest BCUT2D eigenvalue weighted by molar-refractivity contribution is 5.36. The molecule has 1 N–H and O–H groups in total. The summed E-state index contributed by atoms with van der Waals surface area (Å²) in [5, 5.41) is 2.96. The molecule has 0 bridgehead atoms. The summed E-state index contributed by atoms with van der Waals surface area (Å²) in [7, 11) is 0. The average molecular weight is 195 g/mol. The van der Waals surface area contributed by atoms with Crippen molar-refractivity contribution < 1.29 is 8.78 Å². The monoisotopic (exact) mass is 195 g/mol. The molecule has 0 aromatic heterocycles. The van der Waals surface area contributed by atoms with Crippen LogP contribution in [0.2, 0.25) is 0 Å². The van der Waals surface area contributed by atoms with E-state index in [2.05, 4.69) is 11.9 Å². The Morgan fingerprint density at radius 1 is 1.43 bits per heavy atom. The third-order valence-corrected chi connectivity index (χ3v) is 2.55. The molecule has 3 heteroatoms. The molecule has 0 radical (unpaired) electrons. The number of rotatable bonds is 2. The van der Waals surface area contributed by atoms with Crippen molar-refractivity contribution in [2.75, 3.05) is 0 Å². The minimum Gasteiger partial charge on any atom is -0.384 e. The second-order valence-electron chi connectivity index (χ2n) is 3.42. The van der Waals surface area contributed by atoms with Gasteiger partial charge >= 0.3 is 0 Å². The molecular weight excluding hydrogens is 184 g/mol. The summed E-state index contributed by atoms with van der Waals surface area (Å²) in [6, 6.07) is 2.29. The van der Waals surface area contributed by atoms with Crippen molar-refractivity contribution in [3.05, 3.63) is 47.7 Å². The number of hydrogen-bond acceptors (Lipinski definition) is 1. The zero-order valence-electron chi connectivity index (χ0n) is 7.69. The van der Waals surface area contributed by atoms with E-state index in [1.165, 1.54) is 6.07 Å². The molecular formula is C11H11F2N. The van der Waals surface area contributed by atoms with Gasteiger partial charge < -0.3 is 5.32 Å². The summed E-state index contributed by atoms with van der Waals surface area (Å²) in [4.78, 5) is 0. The van der Waals surface area contributed by atoms with Crippen molar-refractivity contribution in [2.24, 2.45) is 0 Å². The third kappa shape index (κ3) is 1.39. The molecule has 1 aliphatic carbocycles. The molecule has 0 amide bonds. The smallest absolute Gasteiger partial charge is 0.131 e. The number of halogens is 2. The maximum Gasteiger partial charge on any atom is 0.131 e. The zero-order chi connectivity index (χ0) is 10.1. The fourth-order valence-corrected chi connectivity index (χ4v) is 1.99. The molecule has 0 aliphatic heterocycles. The second-order valence-corrected chi connectivity index (χ2v) is 3.42. The average Bonchev–Trinajstić information content (AvgIpc) is 2.49. The minimum absolute atomic E-state index is 0.0527. The number of hydrogen-bond donors (Lipinski definition) is 1. The third-order valence-electron chi connectivity index (χ3n) is 2.55. The quantitative estimate of drug-likeness (QED) is 0.765. The van der Waals surface area contributed by atoms with Gasteiger partial charge in [0.25, 0.3) is 0 Å². The highest BCUT2D eigenvalue weighted by atomic mass is 19.1. The molecule has 1 nitrogen and oxygen atoms in total. The first-order chi connectivity index (χ1) is 6.72. The van der Waals surface area contributed by atoms with Crippen molar-refractivity contribution in [3.63, 3.8) is 0 Å². The molecule has 1 aromatic rings. The Kier molecular flexibility index (Phi) is 2.23. The van der Waals surface area contributed by atoms with E-state index in [4.69, 9.17) is 0 Å². The first-order valence-electron chi connectivity index (χ1n) is 4.57. The van der Waals surface area contributed by atoms with E-state index in [-0.39, 0.29) is 6.04 Å². The van der Waals surface area contributed by atoms with Gasteiger partial charge in [0.2, 0.25) is 0 Å². The maximum atomic E-state index is 13.4. The highest BCUT2D eigenvalue weighted by Gasteiger charge is 2.25. The molecule has 0 saturated carbocycles. The van der Waals surface area contributed by atoms with Crippen LogP contribution in [0.15, 0.2) is 24.9 Å². The maximum absolute atomic E-state index is 13.4. The van der Waals surface area contributed by atoms with Gasteiger partial charge in [0.1, 0.15) is 11.6 Å². The molecule has 0 fully saturated rings. The van der Waals surface area contributed by atoms with Gasteiger partial charge in [0, 0.05) is 11.6 Å². The Morgan fingerprint density at radius 2 is 2.21 bits per heavy atom. The van der Waals surface area contributed by atoms with Gasteiger partial charge in [-0.1, -0.05) is 6.58 Å². The van der Waals surface area contributed by atoms with E-state index in [9.17, 15) is 8.78 Å². The Labute approximate surface area is 81.4 Å². The first-order valence-corrected chi connectivity index (χ1v) is 4.57. The summed E-state index contributed by atoms with van der Waals surface area (Å²) in [5.74, 6) is -0.961. The molecule has 74 valence electrons. The van der Waals surface area contributed by atoms with Gasteiger partial charge in [-0.25, -0.2) is 8.78 Å². The molecule has 0 saturated heterocycles. The minimum atomic E-state index is -0.500. The van der Waals surface area contributed by atoms with Crippen molar-refractivity contribution in [2.45, 2.75) is 18.9 Å². The van der Waals surface area contributed by atoms with Crippen LogP contribution >= 0.6 is 0 Å². The Morgan fingerprint density at radius 3 is 2.93 bits per heavy atom. The fraction of sp³-hybridized carbons (Fsp3) is 0.273. The molecule has 14 heavy (non-hydrogen) atoms. The normalized spacial score (nSPS) is 19.1. The summed E-state index contributed by atoms with van der Waals surface area (Å²) >= 11 is 0. The lowest BCUT2D eigenvalue weighted by atomic mass is 10.1. The van der Waals surface area contributed by atoms with Crippen LogP contribution in [0.5, 0.6) is 0 Å². The Bertz CT molecular complexity index is 374. The lowest BCUT2D eigenvalue weighted by molar-refractivity contribution is 0.543. The largest absolute Gasteiger partial charge is 0.384 e. The second kappa shape index (κ2) is 3.40. The van der Waals surface area contributed by atoms with Gasteiger partial charge in [-0.2, -0.15) is 0 Å². The van der Waals surface area contributed by atoms with Crippen molar-refractivity contribution in [1.82, 2.24) is 5.32 Å². The number of benzene rings is 1. The summed E-state index contributed by atoms with van der Waals surface area (Å²) in [5.41, 5.74) is 1.35. The van der Waals surface area contributed by atoms with Gasteiger partial charge in [-0.05, 0) is 30.7 Å². The molecule has 0 spiro atoms. The SMILES string of the molecule is C=CNC1CCc2cc(F)cc(F)c21. The summed E-state index contributed by atoms with van der Waals surface area (Å²) < 4.78 is 26.3. The van der Waals surface area contributed by atoms with Crippen LogP contribution in [0.3, 0.4) is 0 Å². The van der Waals surface area contributed by atoms with Crippen LogP contribution in [0.25, 0.3) is 0 Å². The lowest BCUT2D eigenvalue weighted by Crippen LogP contribution is -2.13. The zero-order valence-corrected chi connectivity index (χ0v) is 7.69. The summed E-state index contributed by atoms with van der Waals surface area (Å²) in [6.07, 6.45) is 3.06. The van der Waals surface area contributed by atoms with Gasteiger partial charge in [0.15, 0.2) is 0 Å². The molecule has 1 atom stereocenters. The lowest BCUT2D eigenvalue weighted by Gasteiger charge is -2.12. The van der Waals surface area contributed by atoms with E-state index < -0.39 is 11.6 Å². The van der Waals surface area contributed by atoms with Crippen LogP contribution < -0.4 is 5.32 Å². The molecule has 2 rings (SSSR count). The van der Waals surface area contributed by atoms with Gasteiger partial charge in [-0.15, -0.1) is 0 Å². The molecule has 0 heterocycles. The highest BCUT2D eigenvalue weighted by Crippen LogP contribution is 2.33. The van der Waals surface area contributed by atoms with E-state index in [0.717, 1.165) is 24.5 Å². The molecule has 1 aromatic carbocycles. The van der Waals surface area contributed by atoms with Gasteiger partial charge in [0.05, 0.1) is 6.04 Å². The van der Waals surface area contributed by atoms with Crippen molar-refractivity contribution >= 4 is 0 Å². The van der Waals surface area contributed by atoms with Crippen LogP contribution in [-0.4, -0.2) is 0 Å². The van der Waals surface area contributed by atoms with Crippen LogP contribution in [0, 0.1) is 11.6 Å². The summed E-state index contributed by atoms with van der Waals surface area (Å²) in [6.45, 7) is 3.54. The molecule has 1 unspecified atom stereocenters. The van der Waals surface area contributed by atoms with Gasteiger partial charge in [-0.3, -0.25) is 0 Å². The van der Waals surface area contributed by atoms with E-state index >= 15 is 0 Å². The van der Waals surface area contributed by atoms with Crippen LogP contribution in [0.4, 0.5) is 8.78 Å². The topological polar surface area (TPSA) is 12.0 Å². The first kappa shape index (κ1) is 9.19. The fourth-order valence-electron chi connectivity index (χ4n) is 1.99. The Balaban J connectivity index is 2.43. The number of aryl methyl sites for hydroxylation is 1. The Hall–Kier alpha value is -1.38. The van der Waals surface area contributed by atoms with Crippen LogP contribution in [0.1, 0.15) is 23.6 Å². The predicted octanol–water partition coefficient (Wildman–Crippen LogP) is 2.69. The standard InChI is InChI=1S/C11H11F2N/c1-2-14-10-4-3-7-5-8(12)6-9(13)11(7)10/h2,5-6,10,14H,1,3-4H2. The number of fused-ring (bicyclic) bond motifs is 1. The van der Waals surface area contributed by atoms with Crippen molar-refractivity contribution in [3.8, 4) is 0 Å². The molecule has 1 aliphatic rings. The predicted molar refractivity (Wildman–Crippen MR) is 50.8 cm³/mol. The van der Waals surface area contributed by atoms with E-state index in [0.29, 0.717) is 5.56 Å².